The molecule has 0 aliphatic carbocycles. The van der Waals surface area contributed by atoms with Crippen LogP contribution in [0.5, 0.6) is 11.5 Å². The van der Waals surface area contributed by atoms with E-state index in [4.69, 9.17) is 14.2 Å². The number of likely N-dealkylation sites (tertiary alicyclic amines) is 1. The molecule has 7 nitrogen and oxygen atoms in total. The lowest BCUT2D eigenvalue weighted by Crippen LogP contribution is -2.37. The Hall–Kier alpha value is -3.32. The van der Waals surface area contributed by atoms with Crippen LogP contribution in [0.1, 0.15) is 65.4 Å². The number of benzene rings is 2. The van der Waals surface area contributed by atoms with Gasteiger partial charge in [0.1, 0.15) is 17.1 Å². The maximum Gasteiger partial charge on any atom is 0.337 e. The van der Waals surface area contributed by atoms with E-state index < -0.39 is 5.60 Å². The lowest BCUT2D eigenvalue weighted by Gasteiger charge is -2.35. The summed E-state index contributed by atoms with van der Waals surface area (Å²) in [6.45, 7) is 6.74. The number of ketones is 1. The van der Waals surface area contributed by atoms with Crippen molar-refractivity contribution in [1.82, 2.24) is 9.47 Å². The molecule has 1 saturated heterocycles. The van der Waals surface area contributed by atoms with Crippen LogP contribution in [0, 0.1) is 0 Å². The number of carbonyl (C=O) groups excluding carboxylic acids is 2. The Morgan fingerprint density at radius 3 is 2.61 bits per heavy atom. The molecule has 3 heterocycles. The van der Waals surface area contributed by atoms with E-state index in [0.717, 1.165) is 61.1 Å². The van der Waals surface area contributed by atoms with Gasteiger partial charge < -0.3 is 23.7 Å². The molecule has 0 bridgehead atoms. The van der Waals surface area contributed by atoms with E-state index in [1.807, 2.05) is 44.2 Å². The molecule has 2 aliphatic rings. The van der Waals surface area contributed by atoms with Crippen molar-refractivity contribution < 1.29 is 23.8 Å². The van der Waals surface area contributed by atoms with Crippen LogP contribution in [0.4, 0.5) is 0 Å². The summed E-state index contributed by atoms with van der Waals surface area (Å²) in [5, 5.41) is 1.13. The number of esters is 1. The molecule has 0 radical (unpaired) electrons. The van der Waals surface area contributed by atoms with Gasteiger partial charge in [-0.25, -0.2) is 4.79 Å². The molecule has 190 valence electrons. The quantitative estimate of drug-likeness (QED) is 0.450. The zero-order chi connectivity index (χ0) is 25.4. The lowest BCUT2D eigenvalue weighted by molar-refractivity contribution is 0.0594. The molecule has 0 atom stereocenters. The van der Waals surface area contributed by atoms with Crippen molar-refractivity contribution in [3.05, 3.63) is 59.3 Å². The van der Waals surface area contributed by atoms with Crippen molar-refractivity contribution in [2.75, 3.05) is 33.9 Å². The van der Waals surface area contributed by atoms with Crippen molar-refractivity contribution >= 4 is 22.7 Å². The van der Waals surface area contributed by atoms with Crippen LogP contribution in [0.15, 0.2) is 42.6 Å². The van der Waals surface area contributed by atoms with Crippen LogP contribution in [0.3, 0.4) is 0 Å². The Morgan fingerprint density at radius 1 is 1.11 bits per heavy atom. The Bertz CT molecular complexity index is 1300. The molecular weight excluding hydrogens is 456 g/mol. The third kappa shape index (κ3) is 4.60. The minimum Gasteiger partial charge on any atom is -0.496 e. The fourth-order valence-corrected chi connectivity index (χ4v) is 5.57. The molecule has 2 aromatic carbocycles. The molecule has 36 heavy (non-hydrogen) atoms. The minimum atomic E-state index is -0.517. The van der Waals surface area contributed by atoms with Crippen molar-refractivity contribution in [3.63, 3.8) is 0 Å². The maximum atomic E-state index is 12.7. The van der Waals surface area contributed by atoms with Crippen molar-refractivity contribution in [2.24, 2.45) is 0 Å². The van der Waals surface area contributed by atoms with Gasteiger partial charge in [0, 0.05) is 43.0 Å². The molecule has 0 saturated carbocycles. The van der Waals surface area contributed by atoms with Crippen LogP contribution in [-0.4, -0.2) is 60.7 Å². The van der Waals surface area contributed by atoms with E-state index >= 15 is 0 Å². The van der Waals surface area contributed by atoms with Crippen molar-refractivity contribution in [3.8, 4) is 11.5 Å². The summed E-state index contributed by atoms with van der Waals surface area (Å²) >= 11 is 0. The number of ether oxygens (including phenoxy) is 3. The van der Waals surface area contributed by atoms with E-state index in [1.54, 1.807) is 7.11 Å². The predicted octanol–water partition coefficient (Wildman–Crippen LogP) is 5.06. The van der Waals surface area contributed by atoms with E-state index in [0.29, 0.717) is 29.3 Å². The first-order valence-electron chi connectivity index (χ1n) is 12.6. The second kappa shape index (κ2) is 9.62. The normalized spacial score (nSPS) is 18.1. The van der Waals surface area contributed by atoms with Gasteiger partial charge in [-0.3, -0.25) is 4.79 Å². The Balaban J connectivity index is 1.28. The predicted molar refractivity (Wildman–Crippen MR) is 138 cm³/mol. The molecule has 0 spiro atoms. The lowest BCUT2D eigenvalue weighted by atomic mass is 9.90. The van der Waals surface area contributed by atoms with Crippen LogP contribution >= 0.6 is 0 Å². The smallest absolute Gasteiger partial charge is 0.337 e. The summed E-state index contributed by atoms with van der Waals surface area (Å²) in [6.07, 6.45) is 5.32. The van der Waals surface area contributed by atoms with Gasteiger partial charge in [0.15, 0.2) is 5.78 Å². The number of methoxy groups -OCH3 is 2. The van der Waals surface area contributed by atoms with Crippen molar-refractivity contribution in [2.45, 2.75) is 51.2 Å². The van der Waals surface area contributed by atoms with E-state index in [1.165, 1.54) is 7.11 Å². The van der Waals surface area contributed by atoms with Gasteiger partial charge in [0.25, 0.3) is 0 Å². The number of hydrogen-bond acceptors (Lipinski definition) is 6. The number of carbonyl (C=O) groups is 2. The Labute approximate surface area is 211 Å². The maximum absolute atomic E-state index is 12.7. The van der Waals surface area contributed by atoms with Crippen LogP contribution in [0.25, 0.3) is 10.9 Å². The Morgan fingerprint density at radius 2 is 1.89 bits per heavy atom. The number of Topliss-reactive ketones (excluding diaryl/α,β-unsaturated/α-hetero) is 1. The summed E-state index contributed by atoms with van der Waals surface area (Å²) in [4.78, 5) is 27.2. The second-order valence-electron chi connectivity index (χ2n) is 10.4. The number of fused-ring (bicyclic) bond motifs is 2. The van der Waals surface area contributed by atoms with E-state index in [2.05, 4.69) is 21.7 Å². The summed E-state index contributed by atoms with van der Waals surface area (Å²) in [5.41, 5.74) is 2.77. The topological polar surface area (TPSA) is 70.0 Å². The fraction of sp³-hybridized carbons (Fsp3) is 0.448. The Kier molecular flexibility index (Phi) is 6.51. The van der Waals surface area contributed by atoms with Gasteiger partial charge in [-0.05, 0) is 68.8 Å². The van der Waals surface area contributed by atoms with Gasteiger partial charge in [-0.15, -0.1) is 0 Å². The summed E-state index contributed by atoms with van der Waals surface area (Å²) < 4.78 is 19.1. The average Bonchev–Trinajstić information content (AvgIpc) is 3.29. The molecule has 1 aromatic heterocycles. The zero-order valence-electron chi connectivity index (χ0n) is 21.5. The zero-order valence-corrected chi connectivity index (χ0v) is 21.5. The molecule has 5 rings (SSSR count). The first-order chi connectivity index (χ1) is 17.3. The second-order valence-corrected chi connectivity index (χ2v) is 10.4. The standard InChI is InChI=1S/C29H34N2O5/c1-29(2)18-25(32)22-7-8-26(34-3)23(27(22)36-29)12-15-30-13-10-21(11-14-30)31-16-9-19-5-6-20(17-24(19)31)28(33)35-4/h5-9,16-17,21H,10-15,18H2,1-4H3. The van der Waals surface area contributed by atoms with Gasteiger partial charge in [0.2, 0.25) is 0 Å². The van der Waals surface area contributed by atoms with Gasteiger partial charge in [-0.1, -0.05) is 6.07 Å². The molecule has 3 aromatic rings. The van der Waals surface area contributed by atoms with Crippen LogP contribution in [0.2, 0.25) is 0 Å². The summed E-state index contributed by atoms with van der Waals surface area (Å²) in [7, 11) is 3.08. The number of hydrogen-bond donors (Lipinski definition) is 0. The average molecular weight is 491 g/mol. The highest BCUT2D eigenvalue weighted by Crippen LogP contribution is 2.40. The number of nitrogens with zero attached hydrogens (tertiary/aromatic N) is 2. The molecule has 7 heteroatoms. The third-order valence-corrected chi connectivity index (χ3v) is 7.48. The van der Waals surface area contributed by atoms with Gasteiger partial charge >= 0.3 is 5.97 Å². The number of piperidine rings is 1. The van der Waals surface area contributed by atoms with Crippen LogP contribution in [-0.2, 0) is 11.2 Å². The van der Waals surface area contributed by atoms with E-state index in [-0.39, 0.29) is 11.8 Å². The monoisotopic (exact) mass is 490 g/mol. The first-order valence-corrected chi connectivity index (χ1v) is 12.6. The minimum absolute atomic E-state index is 0.125. The molecule has 1 fully saturated rings. The largest absolute Gasteiger partial charge is 0.496 e. The van der Waals surface area contributed by atoms with Crippen LogP contribution < -0.4 is 9.47 Å². The summed E-state index contributed by atoms with van der Waals surface area (Å²) in [5.74, 6) is 1.27. The molecule has 2 aliphatic heterocycles. The fourth-order valence-electron chi connectivity index (χ4n) is 5.57. The highest BCUT2D eigenvalue weighted by Gasteiger charge is 2.35. The molecular formula is C29H34N2O5. The number of rotatable bonds is 6. The molecule has 0 unspecified atom stereocenters. The van der Waals surface area contributed by atoms with E-state index in [9.17, 15) is 9.59 Å². The number of aromatic nitrogens is 1. The summed E-state index contributed by atoms with van der Waals surface area (Å²) in [6, 6.07) is 11.9. The molecule has 0 N–H and O–H groups in total. The van der Waals surface area contributed by atoms with Gasteiger partial charge in [-0.2, -0.15) is 0 Å². The molecule has 0 amide bonds. The SMILES string of the molecule is COC(=O)c1ccc2ccn(C3CCN(CCc4c(OC)ccc5c4OC(C)(C)CC5=O)CC3)c2c1. The van der Waals surface area contributed by atoms with Crippen molar-refractivity contribution in [1.29, 1.82) is 0 Å². The first kappa shape index (κ1) is 24.4. The highest BCUT2D eigenvalue weighted by atomic mass is 16.5. The highest BCUT2D eigenvalue weighted by molar-refractivity contribution is 6.01. The van der Waals surface area contributed by atoms with Gasteiger partial charge in [0.05, 0.1) is 31.8 Å². The third-order valence-electron chi connectivity index (χ3n) is 7.48.